The molecule has 0 unspecified atom stereocenters. The van der Waals surface area contributed by atoms with E-state index in [1.165, 1.54) is 12.3 Å². The molecule has 2 aromatic rings. The van der Waals surface area contributed by atoms with E-state index in [-0.39, 0.29) is 12.2 Å². The summed E-state index contributed by atoms with van der Waals surface area (Å²) in [6.45, 7) is 1.88. The highest BCUT2D eigenvalue weighted by Crippen LogP contribution is 2.29. The minimum atomic E-state index is -0.418. The Morgan fingerprint density at radius 1 is 1.53 bits per heavy atom. The van der Waals surface area contributed by atoms with Gasteiger partial charge in [-0.1, -0.05) is 12.1 Å². The number of nitro benzene ring substituents is 1. The maximum atomic E-state index is 10.8. The van der Waals surface area contributed by atoms with E-state index in [9.17, 15) is 10.1 Å². The third kappa shape index (κ3) is 2.02. The second kappa shape index (κ2) is 4.34. The van der Waals surface area contributed by atoms with Crippen LogP contribution in [0.15, 0.2) is 28.8 Å². The zero-order chi connectivity index (χ0) is 12.4. The lowest BCUT2D eigenvalue weighted by molar-refractivity contribution is -0.385. The van der Waals surface area contributed by atoms with E-state index in [4.69, 9.17) is 10.2 Å². The molecule has 1 aromatic carbocycles. The molecule has 2 N–H and O–H groups in total. The van der Waals surface area contributed by atoms with Crippen LogP contribution in [0.3, 0.4) is 0 Å². The normalized spacial score (nSPS) is 10.5. The number of nitro groups is 1. The largest absolute Gasteiger partial charge is 0.439 e. The van der Waals surface area contributed by atoms with Crippen molar-refractivity contribution >= 4 is 5.69 Å². The molecule has 1 aromatic heterocycles. The average molecular weight is 233 g/mol. The maximum Gasteiger partial charge on any atom is 0.273 e. The van der Waals surface area contributed by atoms with E-state index < -0.39 is 4.92 Å². The SMILES string of the molecule is Cc1c(-c2cnc(CN)o2)cccc1[N+](=O)[O-]. The van der Waals surface area contributed by atoms with Crippen LogP contribution >= 0.6 is 0 Å². The van der Waals surface area contributed by atoms with Gasteiger partial charge in [-0.3, -0.25) is 10.1 Å². The predicted octanol–water partition coefficient (Wildman–Crippen LogP) is 2.02. The highest BCUT2D eigenvalue weighted by Gasteiger charge is 2.16. The second-order valence-corrected chi connectivity index (χ2v) is 3.53. The van der Waals surface area contributed by atoms with Crippen molar-refractivity contribution in [3.05, 3.63) is 46.0 Å². The highest BCUT2D eigenvalue weighted by molar-refractivity contribution is 5.66. The van der Waals surface area contributed by atoms with Crippen LogP contribution in [0.25, 0.3) is 11.3 Å². The second-order valence-electron chi connectivity index (χ2n) is 3.53. The van der Waals surface area contributed by atoms with Crippen LogP contribution in [0.1, 0.15) is 11.5 Å². The number of aromatic nitrogens is 1. The molecule has 0 aliphatic heterocycles. The van der Waals surface area contributed by atoms with E-state index in [0.717, 1.165) is 0 Å². The lowest BCUT2D eigenvalue weighted by Gasteiger charge is -2.02. The van der Waals surface area contributed by atoms with Crippen molar-refractivity contribution in [3.8, 4) is 11.3 Å². The molecule has 0 amide bonds. The number of benzene rings is 1. The number of hydrogen-bond donors (Lipinski definition) is 1. The highest BCUT2D eigenvalue weighted by atomic mass is 16.6. The van der Waals surface area contributed by atoms with Gasteiger partial charge in [0, 0.05) is 17.2 Å². The van der Waals surface area contributed by atoms with Crippen molar-refractivity contribution in [1.82, 2.24) is 4.98 Å². The predicted molar refractivity (Wildman–Crippen MR) is 61.2 cm³/mol. The first-order chi connectivity index (χ1) is 8.13. The first kappa shape index (κ1) is 11.3. The van der Waals surface area contributed by atoms with E-state index in [2.05, 4.69) is 4.98 Å². The van der Waals surface area contributed by atoms with Crippen molar-refractivity contribution in [2.24, 2.45) is 5.73 Å². The number of hydrogen-bond acceptors (Lipinski definition) is 5. The molecular weight excluding hydrogens is 222 g/mol. The van der Waals surface area contributed by atoms with Crippen molar-refractivity contribution in [2.75, 3.05) is 0 Å². The minimum absolute atomic E-state index is 0.0631. The van der Waals surface area contributed by atoms with Gasteiger partial charge in [-0.2, -0.15) is 0 Å². The summed E-state index contributed by atoms with van der Waals surface area (Å²) in [5.41, 5.74) is 6.67. The standard InChI is InChI=1S/C11H11N3O3/c1-7-8(3-2-4-9(7)14(15)16)10-6-13-11(5-12)17-10/h2-4,6H,5,12H2,1H3. The summed E-state index contributed by atoms with van der Waals surface area (Å²) >= 11 is 0. The quantitative estimate of drug-likeness (QED) is 0.646. The zero-order valence-corrected chi connectivity index (χ0v) is 9.21. The van der Waals surface area contributed by atoms with Gasteiger partial charge in [-0.05, 0) is 6.92 Å². The third-order valence-electron chi connectivity index (χ3n) is 2.50. The van der Waals surface area contributed by atoms with Gasteiger partial charge in [0.05, 0.1) is 17.7 Å². The van der Waals surface area contributed by atoms with Crippen molar-refractivity contribution in [3.63, 3.8) is 0 Å². The molecule has 0 aliphatic carbocycles. The van der Waals surface area contributed by atoms with Gasteiger partial charge in [0.1, 0.15) is 0 Å². The Kier molecular flexibility index (Phi) is 2.88. The number of oxazole rings is 1. The fourth-order valence-corrected chi connectivity index (χ4v) is 1.62. The summed E-state index contributed by atoms with van der Waals surface area (Å²) in [4.78, 5) is 14.4. The van der Waals surface area contributed by atoms with E-state index in [0.29, 0.717) is 22.8 Å². The van der Waals surface area contributed by atoms with Crippen LogP contribution in [-0.4, -0.2) is 9.91 Å². The summed E-state index contributed by atoms with van der Waals surface area (Å²) in [5, 5.41) is 10.8. The molecule has 17 heavy (non-hydrogen) atoms. The van der Waals surface area contributed by atoms with Gasteiger partial charge in [0.25, 0.3) is 5.69 Å². The Bertz CT molecular complexity index is 563. The molecule has 6 heteroatoms. The molecule has 0 spiro atoms. The van der Waals surface area contributed by atoms with Crippen LogP contribution in [0.5, 0.6) is 0 Å². The molecular formula is C11H11N3O3. The fraction of sp³-hybridized carbons (Fsp3) is 0.182. The Morgan fingerprint density at radius 3 is 2.88 bits per heavy atom. The van der Waals surface area contributed by atoms with Crippen molar-refractivity contribution in [1.29, 1.82) is 0 Å². The third-order valence-corrected chi connectivity index (χ3v) is 2.50. The molecule has 0 saturated heterocycles. The number of nitrogens with zero attached hydrogens (tertiary/aromatic N) is 2. The fourth-order valence-electron chi connectivity index (χ4n) is 1.62. The monoisotopic (exact) mass is 233 g/mol. The maximum absolute atomic E-state index is 10.8. The number of rotatable bonds is 3. The van der Waals surface area contributed by atoms with Gasteiger partial charge >= 0.3 is 0 Å². The van der Waals surface area contributed by atoms with Gasteiger partial charge in [0.15, 0.2) is 5.76 Å². The van der Waals surface area contributed by atoms with Gasteiger partial charge in [-0.15, -0.1) is 0 Å². The minimum Gasteiger partial charge on any atom is -0.439 e. The molecule has 0 atom stereocenters. The van der Waals surface area contributed by atoms with E-state index in [1.807, 2.05) is 0 Å². The van der Waals surface area contributed by atoms with Crippen molar-refractivity contribution < 1.29 is 9.34 Å². The lowest BCUT2D eigenvalue weighted by atomic mass is 10.1. The number of nitrogens with two attached hydrogens (primary N) is 1. The molecule has 88 valence electrons. The van der Waals surface area contributed by atoms with E-state index >= 15 is 0 Å². The molecule has 1 heterocycles. The Hall–Kier alpha value is -2.21. The van der Waals surface area contributed by atoms with Crippen LogP contribution < -0.4 is 5.73 Å². The van der Waals surface area contributed by atoms with Gasteiger partial charge in [0.2, 0.25) is 5.89 Å². The molecule has 0 bridgehead atoms. The molecule has 6 nitrogen and oxygen atoms in total. The van der Waals surface area contributed by atoms with Crippen molar-refractivity contribution in [2.45, 2.75) is 13.5 Å². The average Bonchev–Trinajstić information content (AvgIpc) is 2.77. The van der Waals surface area contributed by atoms with Crippen LogP contribution in [0.2, 0.25) is 0 Å². The topological polar surface area (TPSA) is 95.2 Å². The first-order valence-electron chi connectivity index (χ1n) is 5.02. The van der Waals surface area contributed by atoms with Gasteiger partial charge in [-0.25, -0.2) is 4.98 Å². The van der Waals surface area contributed by atoms with Crippen LogP contribution in [0.4, 0.5) is 5.69 Å². The molecule has 0 aliphatic rings. The molecule has 0 saturated carbocycles. The Morgan fingerprint density at radius 2 is 2.29 bits per heavy atom. The summed E-state index contributed by atoms with van der Waals surface area (Å²) < 4.78 is 5.38. The molecule has 0 radical (unpaired) electrons. The molecule has 0 fully saturated rings. The van der Waals surface area contributed by atoms with Crippen LogP contribution in [-0.2, 0) is 6.54 Å². The van der Waals surface area contributed by atoms with Crippen LogP contribution in [0, 0.1) is 17.0 Å². The Labute approximate surface area is 97.2 Å². The summed E-state index contributed by atoms with van der Waals surface area (Å²) in [5.74, 6) is 0.901. The van der Waals surface area contributed by atoms with E-state index in [1.54, 1.807) is 19.1 Å². The Balaban J connectivity index is 2.52. The summed E-state index contributed by atoms with van der Waals surface area (Å²) in [7, 11) is 0. The smallest absolute Gasteiger partial charge is 0.273 e. The summed E-state index contributed by atoms with van der Waals surface area (Å²) in [6.07, 6.45) is 1.52. The zero-order valence-electron chi connectivity index (χ0n) is 9.21. The summed E-state index contributed by atoms with van der Waals surface area (Å²) in [6, 6.07) is 4.83. The lowest BCUT2D eigenvalue weighted by Crippen LogP contribution is -1.95. The van der Waals surface area contributed by atoms with Gasteiger partial charge < -0.3 is 10.2 Å². The first-order valence-corrected chi connectivity index (χ1v) is 5.02. The molecule has 2 rings (SSSR count).